The lowest BCUT2D eigenvalue weighted by Crippen LogP contribution is -2.42. The number of fused-ring (bicyclic) bond motifs is 1. The second kappa shape index (κ2) is 6.48. The highest BCUT2D eigenvalue weighted by Crippen LogP contribution is 2.39. The average Bonchev–Trinajstić information content (AvgIpc) is 3.11. The van der Waals surface area contributed by atoms with Crippen LogP contribution in [0, 0.1) is 5.92 Å². The Labute approximate surface area is 143 Å². The van der Waals surface area contributed by atoms with Crippen LogP contribution in [0.1, 0.15) is 23.2 Å². The number of carbonyl (C=O) groups is 2. The Morgan fingerprint density at radius 2 is 2.04 bits per heavy atom. The van der Waals surface area contributed by atoms with E-state index in [1.54, 1.807) is 0 Å². The molecule has 0 radical (unpaired) electrons. The lowest BCUT2D eigenvalue weighted by atomic mass is 10.1. The van der Waals surface area contributed by atoms with Gasteiger partial charge in [0.2, 0.25) is 12.7 Å². The van der Waals surface area contributed by atoms with Crippen LogP contribution in [-0.2, 0) is 14.6 Å². The Bertz CT molecular complexity index is 795. The maximum Gasteiger partial charge on any atom is 0.269 e. The van der Waals surface area contributed by atoms with Gasteiger partial charge >= 0.3 is 0 Å². The van der Waals surface area contributed by atoms with Gasteiger partial charge in [-0.2, -0.15) is 0 Å². The van der Waals surface area contributed by atoms with E-state index in [2.05, 4.69) is 10.9 Å². The van der Waals surface area contributed by atoms with Crippen LogP contribution < -0.4 is 20.3 Å². The fraction of sp³-hybridized carbons (Fsp3) is 0.429. The molecule has 1 fully saturated rings. The van der Waals surface area contributed by atoms with Crippen LogP contribution in [0.4, 0.5) is 0 Å². The maximum atomic E-state index is 12.1. The van der Waals surface area contributed by atoms with E-state index in [1.807, 2.05) is 0 Å². The summed E-state index contributed by atoms with van der Waals surface area (Å²) in [6.45, 7) is 0.0289. The van der Waals surface area contributed by atoms with Gasteiger partial charge in [0, 0.05) is 12.0 Å². The number of hydrogen-bond acceptors (Lipinski definition) is 6. The summed E-state index contributed by atoms with van der Waals surface area (Å²) in [7, 11) is -3.03. The van der Waals surface area contributed by atoms with Crippen molar-refractivity contribution in [1.29, 1.82) is 0 Å². The Balaban J connectivity index is 1.54. The zero-order valence-corrected chi connectivity index (χ0v) is 14.1. The summed E-state index contributed by atoms with van der Waals surface area (Å²) < 4.78 is 33.0. The van der Waals surface area contributed by atoms with E-state index in [1.165, 1.54) is 12.1 Å². The van der Waals surface area contributed by atoms with E-state index in [0.29, 0.717) is 17.9 Å². The summed E-state index contributed by atoms with van der Waals surface area (Å²) in [5.41, 5.74) is 4.74. The predicted molar refractivity (Wildman–Crippen MR) is 84.6 cm³/mol. The van der Waals surface area contributed by atoms with Crippen molar-refractivity contribution in [2.24, 2.45) is 5.92 Å². The molecule has 0 aliphatic carbocycles. The summed E-state index contributed by atoms with van der Waals surface area (Å²) in [5, 5.41) is 0.234. The number of carbonyl (C=O) groups excluding carboxylic acids is 2. The molecule has 2 aliphatic rings. The molecular weight excluding hydrogens is 360 g/mol. The molecule has 1 aromatic rings. The first-order valence-corrected chi connectivity index (χ1v) is 9.43. The molecule has 8 nitrogen and oxygen atoms in total. The largest absolute Gasteiger partial charge is 0.454 e. The van der Waals surface area contributed by atoms with Crippen molar-refractivity contribution in [3.8, 4) is 11.5 Å². The molecule has 2 amide bonds. The topological polar surface area (TPSA) is 111 Å². The quantitative estimate of drug-likeness (QED) is 0.752. The van der Waals surface area contributed by atoms with Crippen LogP contribution in [-0.4, -0.2) is 38.5 Å². The van der Waals surface area contributed by atoms with E-state index in [0.717, 1.165) is 0 Å². The molecule has 24 heavy (non-hydrogen) atoms. The lowest BCUT2D eigenvalue weighted by Gasteiger charge is -2.10. The summed E-state index contributed by atoms with van der Waals surface area (Å²) in [6.07, 6.45) is 0.503. The minimum atomic E-state index is -3.03. The van der Waals surface area contributed by atoms with Crippen LogP contribution in [0.3, 0.4) is 0 Å². The fourth-order valence-electron chi connectivity index (χ4n) is 2.64. The van der Waals surface area contributed by atoms with Crippen molar-refractivity contribution in [1.82, 2.24) is 10.9 Å². The van der Waals surface area contributed by atoms with Crippen LogP contribution in [0.25, 0.3) is 0 Å². The number of nitrogens with one attached hydrogen (secondary N) is 2. The molecule has 0 unspecified atom stereocenters. The number of hydrogen-bond donors (Lipinski definition) is 2. The van der Waals surface area contributed by atoms with Gasteiger partial charge in [0.15, 0.2) is 21.3 Å². The minimum absolute atomic E-state index is 0.00609. The molecule has 10 heteroatoms. The number of amides is 2. The van der Waals surface area contributed by atoms with Gasteiger partial charge in [-0.15, -0.1) is 0 Å². The van der Waals surface area contributed by atoms with Gasteiger partial charge in [-0.1, -0.05) is 11.6 Å². The Morgan fingerprint density at radius 1 is 1.25 bits per heavy atom. The average molecular weight is 375 g/mol. The molecule has 2 N–H and O–H groups in total. The predicted octanol–water partition coefficient (Wildman–Crippen LogP) is 0.655. The first kappa shape index (κ1) is 16.8. The van der Waals surface area contributed by atoms with E-state index in [-0.39, 0.29) is 41.2 Å². The molecule has 1 aromatic carbocycles. The van der Waals surface area contributed by atoms with Crippen LogP contribution in [0.2, 0.25) is 5.02 Å². The molecule has 130 valence electrons. The van der Waals surface area contributed by atoms with Crippen molar-refractivity contribution in [2.45, 2.75) is 12.8 Å². The molecule has 2 heterocycles. The smallest absolute Gasteiger partial charge is 0.269 e. The van der Waals surface area contributed by atoms with E-state index >= 15 is 0 Å². The Kier molecular flexibility index (Phi) is 4.55. The molecule has 2 aliphatic heterocycles. The normalized spacial score (nSPS) is 20.6. The number of hydrazine groups is 1. The molecule has 1 atom stereocenters. The van der Waals surface area contributed by atoms with E-state index in [9.17, 15) is 18.0 Å². The Morgan fingerprint density at radius 3 is 2.75 bits per heavy atom. The number of ether oxygens (including phenoxy) is 2. The number of rotatable bonds is 3. The van der Waals surface area contributed by atoms with Crippen molar-refractivity contribution in [3.63, 3.8) is 0 Å². The fourth-order valence-corrected chi connectivity index (χ4v) is 4.77. The SMILES string of the molecule is O=C(C[C@H]1CCS(=O)(=O)C1)NNC(=O)c1cc(Cl)c2c(c1)OCO2. The molecule has 0 saturated carbocycles. The highest BCUT2D eigenvalue weighted by molar-refractivity contribution is 7.91. The Hall–Kier alpha value is -2.00. The number of halogens is 1. The zero-order chi connectivity index (χ0) is 17.3. The molecule has 3 rings (SSSR count). The molecule has 1 saturated heterocycles. The number of benzene rings is 1. The molecule has 0 aromatic heterocycles. The summed E-state index contributed by atoms with van der Waals surface area (Å²) in [6, 6.07) is 2.86. The zero-order valence-electron chi connectivity index (χ0n) is 12.5. The first-order valence-electron chi connectivity index (χ1n) is 7.23. The lowest BCUT2D eigenvalue weighted by molar-refractivity contribution is -0.122. The van der Waals surface area contributed by atoms with Crippen molar-refractivity contribution in [2.75, 3.05) is 18.3 Å². The molecule has 0 bridgehead atoms. The van der Waals surface area contributed by atoms with Gasteiger partial charge in [-0.05, 0) is 24.5 Å². The second-order valence-corrected chi connectivity index (χ2v) is 8.30. The summed E-state index contributed by atoms with van der Waals surface area (Å²) in [5.74, 6) is -0.388. The highest BCUT2D eigenvalue weighted by atomic mass is 35.5. The van der Waals surface area contributed by atoms with Gasteiger partial charge < -0.3 is 9.47 Å². The standard InChI is InChI=1S/C14H15ClN2O6S/c15-10-4-9(5-11-13(10)23-7-22-11)14(19)17-16-12(18)3-8-1-2-24(20,21)6-8/h4-5,8H,1-3,6-7H2,(H,16,18)(H,17,19)/t8-/m1/s1. The van der Waals surface area contributed by atoms with Gasteiger partial charge in [0.25, 0.3) is 5.91 Å². The van der Waals surface area contributed by atoms with Crippen molar-refractivity contribution >= 4 is 33.3 Å². The van der Waals surface area contributed by atoms with Crippen molar-refractivity contribution in [3.05, 3.63) is 22.7 Å². The van der Waals surface area contributed by atoms with Crippen molar-refractivity contribution < 1.29 is 27.5 Å². The third-order valence-electron chi connectivity index (χ3n) is 3.81. The van der Waals surface area contributed by atoms with Gasteiger partial charge in [0.05, 0.1) is 16.5 Å². The first-order chi connectivity index (χ1) is 11.3. The van der Waals surface area contributed by atoms with E-state index in [4.69, 9.17) is 21.1 Å². The van der Waals surface area contributed by atoms with Gasteiger partial charge in [-0.25, -0.2) is 8.42 Å². The molecule has 0 spiro atoms. The van der Waals surface area contributed by atoms with Crippen LogP contribution >= 0.6 is 11.6 Å². The van der Waals surface area contributed by atoms with E-state index < -0.39 is 21.7 Å². The van der Waals surface area contributed by atoms with Crippen LogP contribution in [0.15, 0.2) is 12.1 Å². The maximum absolute atomic E-state index is 12.1. The second-order valence-electron chi connectivity index (χ2n) is 5.67. The highest BCUT2D eigenvalue weighted by Gasteiger charge is 2.29. The van der Waals surface area contributed by atoms with Gasteiger partial charge in [-0.3, -0.25) is 20.4 Å². The van der Waals surface area contributed by atoms with Crippen LogP contribution in [0.5, 0.6) is 11.5 Å². The van der Waals surface area contributed by atoms with Gasteiger partial charge in [0.1, 0.15) is 0 Å². The molecular formula is C14H15ClN2O6S. The minimum Gasteiger partial charge on any atom is -0.454 e. The summed E-state index contributed by atoms with van der Waals surface area (Å²) >= 11 is 5.99. The summed E-state index contributed by atoms with van der Waals surface area (Å²) in [4.78, 5) is 23.9. The number of sulfone groups is 1. The third kappa shape index (κ3) is 3.73. The monoisotopic (exact) mass is 374 g/mol. The third-order valence-corrected chi connectivity index (χ3v) is 5.92.